The number of aromatic nitrogens is 4. The summed E-state index contributed by atoms with van der Waals surface area (Å²) in [6, 6.07) is 6.32. The molecule has 10 heteroatoms. The molecule has 0 bridgehead atoms. The van der Waals surface area contributed by atoms with E-state index in [-0.39, 0.29) is 18.0 Å². The highest BCUT2D eigenvalue weighted by Crippen LogP contribution is 2.21. The average molecular weight is 393 g/mol. The Kier molecular flexibility index (Phi) is 5.35. The molecule has 3 aromatic rings. The van der Waals surface area contributed by atoms with Gasteiger partial charge in [-0.2, -0.15) is 9.40 Å². The first-order valence-electron chi connectivity index (χ1n) is 7.79. The molecule has 0 unspecified atom stereocenters. The summed E-state index contributed by atoms with van der Waals surface area (Å²) in [5, 5.41) is 6.63. The average Bonchev–Trinajstić information content (AvgIpc) is 3.21. The van der Waals surface area contributed by atoms with Gasteiger partial charge in [0.15, 0.2) is 5.82 Å². The number of aryl methyl sites for hydroxylation is 2. The number of thiazole rings is 1. The lowest BCUT2D eigenvalue weighted by Gasteiger charge is -2.16. The molecule has 2 heterocycles. The van der Waals surface area contributed by atoms with Gasteiger partial charge in [-0.05, 0) is 31.2 Å². The molecular formula is C16H19N5O3S2. The zero-order valence-corrected chi connectivity index (χ0v) is 16.3. The van der Waals surface area contributed by atoms with E-state index in [0.717, 1.165) is 10.7 Å². The molecular weight excluding hydrogens is 374 g/mol. The fourth-order valence-electron chi connectivity index (χ4n) is 2.24. The lowest BCUT2D eigenvalue weighted by molar-refractivity contribution is 0.289. The van der Waals surface area contributed by atoms with Gasteiger partial charge < -0.3 is 4.74 Å². The van der Waals surface area contributed by atoms with Gasteiger partial charge in [-0.1, -0.05) is 0 Å². The van der Waals surface area contributed by atoms with Crippen LogP contribution in [0.4, 0.5) is 0 Å². The van der Waals surface area contributed by atoms with E-state index in [1.54, 1.807) is 30.9 Å². The minimum absolute atomic E-state index is 0.208. The van der Waals surface area contributed by atoms with Crippen molar-refractivity contribution in [2.24, 2.45) is 7.05 Å². The number of hydrogen-bond donors (Lipinski definition) is 0. The van der Waals surface area contributed by atoms with Crippen molar-refractivity contribution in [1.82, 2.24) is 24.1 Å². The predicted octanol–water partition coefficient (Wildman–Crippen LogP) is 1.98. The SMILES string of the molecule is Cc1csc(CN(C)S(=O)(=O)c2ccc(OCc3ncnn3C)cc2)n1. The minimum atomic E-state index is -3.59. The Morgan fingerprint density at radius 2 is 2.00 bits per heavy atom. The summed E-state index contributed by atoms with van der Waals surface area (Å²) in [5.74, 6) is 1.24. The van der Waals surface area contributed by atoms with Crippen LogP contribution in [0, 0.1) is 6.92 Å². The second-order valence-electron chi connectivity index (χ2n) is 5.70. The molecule has 0 saturated carbocycles. The Bertz CT molecular complexity index is 979. The third-order valence-corrected chi connectivity index (χ3v) is 6.50. The van der Waals surface area contributed by atoms with Gasteiger partial charge in [0.25, 0.3) is 0 Å². The fourth-order valence-corrected chi connectivity index (χ4v) is 4.28. The van der Waals surface area contributed by atoms with Crippen LogP contribution in [0.2, 0.25) is 0 Å². The van der Waals surface area contributed by atoms with E-state index in [9.17, 15) is 8.42 Å². The number of hydrogen-bond acceptors (Lipinski definition) is 7. The van der Waals surface area contributed by atoms with Gasteiger partial charge >= 0.3 is 0 Å². The number of ether oxygens (including phenoxy) is 1. The molecule has 2 aromatic heterocycles. The highest BCUT2D eigenvalue weighted by Gasteiger charge is 2.22. The first kappa shape index (κ1) is 18.5. The van der Waals surface area contributed by atoms with Crippen LogP contribution in [-0.4, -0.2) is 39.5 Å². The summed E-state index contributed by atoms with van der Waals surface area (Å²) in [6.07, 6.45) is 1.45. The third-order valence-electron chi connectivity index (χ3n) is 3.73. The molecule has 0 amide bonds. The maximum atomic E-state index is 12.7. The maximum absolute atomic E-state index is 12.7. The first-order valence-corrected chi connectivity index (χ1v) is 10.1. The molecule has 8 nitrogen and oxygen atoms in total. The lowest BCUT2D eigenvalue weighted by Crippen LogP contribution is -2.26. The quantitative estimate of drug-likeness (QED) is 0.610. The van der Waals surface area contributed by atoms with Crippen molar-refractivity contribution in [3.63, 3.8) is 0 Å². The Balaban J connectivity index is 1.67. The van der Waals surface area contributed by atoms with E-state index in [0.29, 0.717) is 11.6 Å². The molecule has 0 saturated heterocycles. The van der Waals surface area contributed by atoms with Crippen LogP contribution < -0.4 is 4.74 Å². The Morgan fingerprint density at radius 1 is 1.27 bits per heavy atom. The Hall–Kier alpha value is -2.30. The minimum Gasteiger partial charge on any atom is -0.486 e. The van der Waals surface area contributed by atoms with Crippen LogP contribution in [0.5, 0.6) is 5.75 Å². The van der Waals surface area contributed by atoms with E-state index in [4.69, 9.17) is 4.74 Å². The standard InChI is InChI=1S/C16H19N5O3S2/c1-12-10-25-16(19-12)8-20(2)26(22,23)14-6-4-13(5-7-14)24-9-15-17-11-18-21(15)3/h4-7,10-11H,8-9H2,1-3H3. The van der Waals surface area contributed by atoms with Crippen molar-refractivity contribution in [2.75, 3.05) is 7.05 Å². The van der Waals surface area contributed by atoms with Gasteiger partial charge in [-0.15, -0.1) is 11.3 Å². The van der Waals surface area contributed by atoms with Crippen molar-refractivity contribution < 1.29 is 13.2 Å². The van der Waals surface area contributed by atoms with E-state index < -0.39 is 10.0 Å². The number of rotatable bonds is 7. The van der Waals surface area contributed by atoms with Gasteiger partial charge in [0.05, 0.1) is 11.4 Å². The summed E-state index contributed by atoms with van der Waals surface area (Å²) in [4.78, 5) is 8.59. The molecule has 3 rings (SSSR count). The van der Waals surface area contributed by atoms with Crippen molar-refractivity contribution in [3.8, 4) is 5.75 Å². The number of sulfonamides is 1. The molecule has 0 aliphatic rings. The van der Waals surface area contributed by atoms with Crippen molar-refractivity contribution in [3.05, 3.63) is 52.5 Å². The number of nitrogens with zero attached hydrogens (tertiary/aromatic N) is 5. The molecule has 138 valence electrons. The van der Waals surface area contributed by atoms with Crippen molar-refractivity contribution in [2.45, 2.75) is 25.0 Å². The molecule has 0 radical (unpaired) electrons. The Morgan fingerprint density at radius 3 is 2.58 bits per heavy atom. The van der Waals surface area contributed by atoms with E-state index in [1.807, 2.05) is 12.3 Å². The predicted molar refractivity (Wildman–Crippen MR) is 97.3 cm³/mol. The number of benzene rings is 1. The smallest absolute Gasteiger partial charge is 0.243 e. The molecule has 0 N–H and O–H groups in total. The van der Waals surface area contributed by atoms with Crippen LogP contribution >= 0.6 is 11.3 Å². The summed E-state index contributed by atoms with van der Waals surface area (Å²) < 4.78 is 33.9. The molecule has 0 fully saturated rings. The first-order chi connectivity index (χ1) is 12.4. The topological polar surface area (TPSA) is 90.2 Å². The summed E-state index contributed by atoms with van der Waals surface area (Å²) in [6.45, 7) is 2.38. The highest BCUT2D eigenvalue weighted by atomic mass is 32.2. The van der Waals surface area contributed by atoms with Crippen LogP contribution in [0.15, 0.2) is 40.9 Å². The zero-order chi connectivity index (χ0) is 18.7. The van der Waals surface area contributed by atoms with Crippen LogP contribution in [-0.2, 0) is 30.2 Å². The van der Waals surface area contributed by atoms with Crippen molar-refractivity contribution in [1.29, 1.82) is 0 Å². The summed E-state index contributed by atoms with van der Waals surface area (Å²) >= 11 is 1.45. The van der Waals surface area contributed by atoms with E-state index in [1.165, 1.54) is 34.1 Å². The van der Waals surface area contributed by atoms with Gasteiger partial charge in [-0.25, -0.2) is 18.4 Å². The molecule has 0 aliphatic carbocycles. The van der Waals surface area contributed by atoms with Crippen molar-refractivity contribution >= 4 is 21.4 Å². The highest BCUT2D eigenvalue weighted by molar-refractivity contribution is 7.89. The zero-order valence-electron chi connectivity index (χ0n) is 14.7. The second-order valence-corrected chi connectivity index (χ2v) is 8.69. The van der Waals surface area contributed by atoms with Crippen LogP contribution in [0.25, 0.3) is 0 Å². The lowest BCUT2D eigenvalue weighted by atomic mass is 10.3. The largest absolute Gasteiger partial charge is 0.486 e. The summed E-state index contributed by atoms with van der Waals surface area (Å²) in [7, 11) is -0.266. The van der Waals surface area contributed by atoms with Gasteiger partial charge in [-0.3, -0.25) is 4.68 Å². The molecule has 26 heavy (non-hydrogen) atoms. The third kappa shape index (κ3) is 4.09. The normalized spacial score (nSPS) is 11.8. The monoisotopic (exact) mass is 393 g/mol. The molecule has 0 spiro atoms. The second kappa shape index (κ2) is 7.52. The molecule has 1 aromatic carbocycles. The van der Waals surface area contributed by atoms with Gasteiger partial charge in [0, 0.05) is 25.2 Å². The Labute approximate surface area is 156 Å². The van der Waals surface area contributed by atoms with Crippen LogP contribution in [0.3, 0.4) is 0 Å². The van der Waals surface area contributed by atoms with Crippen LogP contribution in [0.1, 0.15) is 16.5 Å². The molecule has 0 atom stereocenters. The fraction of sp³-hybridized carbons (Fsp3) is 0.312. The molecule has 0 aliphatic heterocycles. The van der Waals surface area contributed by atoms with Gasteiger partial charge in [0.2, 0.25) is 10.0 Å². The van der Waals surface area contributed by atoms with E-state index in [2.05, 4.69) is 15.1 Å². The summed E-state index contributed by atoms with van der Waals surface area (Å²) in [5.41, 5.74) is 0.889. The van der Waals surface area contributed by atoms with Gasteiger partial charge in [0.1, 0.15) is 23.7 Å². The maximum Gasteiger partial charge on any atom is 0.243 e. The van der Waals surface area contributed by atoms with E-state index >= 15 is 0 Å².